The molecule has 1 rings (SSSR count). The SMILES string of the molecule is CCC(CC(CC(=O)O)C(=O)O)OCc1ccccc1. The van der Waals surface area contributed by atoms with Gasteiger partial charge < -0.3 is 14.9 Å². The Balaban J connectivity index is 2.52. The zero-order valence-corrected chi connectivity index (χ0v) is 11.5. The predicted octanol–water partition coefficient (Wildman–Crippen LogP) is 2.55. The molecule has 5 heteroatoms. The van der Waals surface area contributed by atoms with Gasteiger partial charge in [0.15, 0.2) is 0 Å². The minimum absolute atomic E-state index is 0.213. The lowest BCUT2D eigenvalue weighted by Crippen LogP contribution is -2.24. The van der Waals surface area contributed by atoms with Gasteiger partial charge in [-0.1, -0.05) is 37.3 Å². The van der Waals surface area contributed by atoms with Gasteiger partial charge in [-0.25, -0.2) is 0 Å². The van der Waals surface area contributed by atoms with E-state index in [4.69, 9.17) is 14.9 Å². The number of carbonyl (C=O) groups is 2. The van der Waals surface area contributed by atoms with E-state index in [9.17, 15) is 9.59 Å². The molecule has 0 radical (unpaired) electrons. The molecule has 0 saturated heterocycles. The molecule has 0 bridgehead atoms. The third-order valence-electron chi connectivity index (χ3n) is 3.10. The van der Waals surface area contributed by atoms with Crippen LogP contribution in [0.25, 0.3) is 0 Å². The van der Waals surface area contributed by atoms with Crippen LogP contribution in [-0.2, 0) is 20.9 Å². The molecule has 0 aliphatic heterocycles. The van der Waals surface area contributed by atoms with Crippen molar-refractivity contribution in [1.29, 1.82) is 0 Å². The number of carboxylic acids is 2. The van der Waals surface area contributed by atoms with Crippen LogP contribution < -0.4 is 0 Å². The van der Waals surface area contributed by atoms with Gasteiger partial charge in [0, 0.05) is 0 Å². The van der Waals surface area contributed by atoms with Crippen LogP contribution in [0.3, 0.4) is 0 Å². The molecule has 0 heterocycles. The normalized spacial score (nSPS) is 13.7. The Morgan fingerprint density at radius 2 is 1.85 bits per heavy atom. The number of hydrogen-bond donors (Lipinski definition) is 2. The molecule has 2 atom stereocenters. The van der Waals surface area contributed by atoms with E-state index in [1.165, 1.54) is 0 Å². The van der Waals surface area contributed by atoms with Crippen molar-refractivity contribution >= 4 is 11.9 Å². The van der Waals surface area contributed by atoms with E-state index in [2.05, 4.69) is 0 Å². The summed E-state index contributed by atoms with van der Waals surface area (Å²) >= 11 is 0. The van der Waals surface area contributed by atoms with E-state index >= 15 is 0 Å². The lowest BCUT2D eigenvalue weighted by atomic mass is 9.97. The molecule has 2 N–H and O–H groups in total. The minimum Gasteiger partial charge on any atom is -0.481 e. The maximum absolute atomic E-state index is 11.0. The molecule has 0 saturated carbocycles. The van der Waals surface area contributed by atoms with Gasteiger partial charge in [-0.3, -0.25) is 9.59 Å². The van der Waals surface area contributed by atoms with Gasteiger partial charge >= 0.3 is 11.9 Å². The van der Waals surface area contributed by atoms with Crippen LogP contribution in [0.1, 0.15) is 31.7 Å². The smallest absolute Gasteiger partial charge is 0.307 e. The van der Waals surface area contributed by atoms with Crippen LogP contribution in [0.5, 0.6) is 0 Å². The van der Waals surface area contributed by atoms with Crippen LogP contribution in [0.4, 0.5) is 0 Å². The van der Waals surface area contributed by atoms with E-state index in [-0.39, 0.29) is 18.9 Å². The maximum Gasteiger partial charge on any atom is 0.307 e. The zero-order valence-electron chi connectivity index (χ0n) is 11.5. The summed E-state index contributed by atoms with van der Waals surface area (Å²) in [7, 11) is 0. The third-order valence-corrected chi connectivity index (χ3v) is 3.10. The maximum atomic E-state index is 11.0. The topological polar surface area (TPSA) is 83.8 Å². The van der Waals surface area contributed by atoms with Gasteiger partial charge in [0.1, 0.15) is 0 Å². The average molecular weight is 280 g/mol. The van der Waals surface area contributed by atoms with E-state index in [1.54, 1.807) is 0 Å². The summed E-state index contributed by atoms with van der Waals surface area (Å²) < 4.78 is 5.68. The molecule has 110 valence electrons. The standard InChI is InChI=1S/C15H20O5/c1-2-13(8-12(15(18)19)9-14(16)17)20-10-11-6-4-3-5-7-11/h3-7,12-13H,2,8-10H2,1H3,(H,16,17)(H,18,19). The van der Waals surface area contributed by atoms with Crippen molar-refractivity contribution in [2.24, 2.45) is 5.92 Å². The fourth-order valence-electron chi connectivity index (χ4n) is 1.94. The molecule has 0 aliphatic rings. The summed E-state index contributed by atoms with van der Waals surface area (Å²) in [5, 5.41) is 17.8. The fourth-order valence-corrected chi connectivity index (χ4v) is 1.94. The second kappa shape index (κ2) is 8.32. The summed E-state index contributed by atoms with van der Waals surface area (Å²) in [6, 6.07) is 9.58. The van der Waals surface area contributed by atoms with Crippen molar-refractivity contribution in [3.8, 4) is 0 Å². The van der Waals surface area contributed by atoms with Crippen LogP contribution in [-0.4, -0.2) is 28.3 Å². The second-order valence-electron chi connectivity index (χ2n) is 4.70. The molecule has 1 aromatic rings. The highest BCUT2D eigenvalue weighted by Crippen LogP contribution is 2.18. The Hall–Kier alpha value is -1.88. The quantitative estimate of drug-likeness (QED) is 0.726. The van der Waals surface area contributed by atoms with E-state index in [0.717, 1.165) is 5.56 Å². The van der Waals surface area contributed by atoms with E-state index in [0.29, 0.717) is 13.0 Å². The first-order chi connectivity index (χ1) is 9.52. The Morgan fingerprint density at radius 3 is 2.35 bits per heavy atom. The predicted molar refractivity (Wildman–Crippen MR) is 73.3 cm³/mol. The molecule has 0 aliphatic carbocycles. The molecule has 0 amide bonds. The molecular weight excluding hydrogens is 260 g/mol. The number of benzene rings is 1. The summed E-state index contributed by atoms with van der Waals surface area (Å²) in [6.45, 7) is 2.30. The molecule has 5 nitrogen and oxygen atoms in total. The number of aliphatic carboxylic acids is 2. The van der Waals surface area contributed by atoms with E-state index < -0.39 is 17.9 Å². The van der Waals surface area contributed by atoms with Crippen molar-refractivity contribution < 1.29 is 24.5 Å². The highest BCUT2D eigenvalue weighted by Gasteiger charge is 2.24. The Labute approximate surface area is 118 Å². The van der Waals surface area contributed by atoms with E-state index in [1.807, 2.05) is 37.3 Å². The minimum atomic E-state index is -1.10. The lowest BCUT2D eigenvalue weighted by molar-refractivity contribution is -0.149. The Morgan fingerprint density at radius 1 is 1.20 bits per heavy atom. The van der Waals surface area contributed by atoms with Crippen molar-refractivity contribution in [1.82, 2.24) is 0 Å². The van der Waals surface area contributed by atoms with Crippen molar-refractivity contribution in [3.05, 3.63) is 35.9 Å². The van der Waals surface area contributed by atoms with Crippen LogP contribution in [0, 0.1) is 5.92 Å². The molecule has 0 fully saturated rings. The molecule has 20 heavy (non-hydrogen) atoms. The van der Waals surface area contributed by atoms with Gasteiger partial charge in [0.05, 0.1) is 25.0 Å². The molecule has 0 aromatic heterocycles. The first kappa shape index (κ1) is 16.2. The van der Waals surface area contributed by atoms with Crippen LogP contribution >= 0.6 is 0 Å². The van der Waals surface area contributed by atoms with Crippen molar-refractivity contribution in [2.75, 3.05) is 0 Å². The number of hydrogen-bond acceptors (Lipinski definition) is 3. The number of carboxylic acid groups (broad SMARTS) is 2. The first-order valence-corrected chi connectivity index (χ1v) is 6.63. The fraction of sp³-hybridized carbons (Fsp3) is 0.467. The van der Waals surface area contributed by atoms with Gasteiger partial charge in [-0.2, -0.15) is 0 Å². The van der Waals surface area contributed by atoms with Crippen LogP contribution in [0.15, 0.2) is 30.3 Å². The van der Waals surface area contributed by atoms with Crippen LogP contribution in [0.2, 0.25) is 0 Å². The van der Waals surface area contributed by atoms with Crippen molar-refractivity contribution in [2.45, 2.75) is 38.9 Å². The largest absolute Gasteiger partial charge is 0.481 e. The van der Waals surface area contributed by atoms with Gasteiger partial charge in [-0.15, -0.1) is 0 Å². The summed E-state index contributed by atoms with van der Waals surface area (Å²) in [6.07, 6.45) is 0.234. The average Bonchev–Trinajstić information content (AvgIpc) is 2.42. The highest BCUT2D eigenvalue weighted by atomic mass is 16.5. The third kappa shape index (κ3) is 5.84. The Bertz CT molecular complexity index is 429. The Kier molecular flexibility index (Phi) is 6.73. The molecule has 0 spiro atoms. The van der Waals surface area contributed by atoms with Gasteiger partial charge in [-0.05, 0) is 18.4 Å². The number of rotatable bonds is 9. The summed E-state index contributed by atoms with van der Waals surface area (Å²) in [5.74, 6) is -3.10. The van der Waals surface area contributed by atoms with Crippen molar-refractivity contribution in [3.63, 3.8) is 0 Å². The molecule has 1 aromatic carbocycles. The summed E-state index contributed by atoms with van der Waals surface area (Å²) in [4.78, 5) is 21.7. The second-order valence-corrected chi connectivity index (χ2v) is 4.70. The molecular formula is C15H20O5. The number of ether oxygens (including phenoxy) is 1. The summed E-state index contributed by atoms with van der Waals surface area (Å²) in [5.41, 5.74) is 1.01. The highest BCUT2D eigenvalue weighted by molar-refractivity contribution is 5.77. The monoisotopic (exact) mass is 280 g/mol. The first-order valence-electron chi connectivity index (χ1n) is 6.63. The lowest BCUT2D eigenvalue weighted by Gasteiger charge is -2.19. The van der Waals surface area contributed by atoms with Gasteiger partial charge in [0.2, 0.25) is 0 Å². The zero-order chi connectivity index (χ0) is 15.0. The molecule has 2 unspecified atom stereocenters. The van der Waals surface area contributed by atoms with Gasteiger partial charge in [0.25, 0.3) is 0 Å².